The number of benzene rings is 1. The maximum Gasteiger partial charge on any atom is 0.244 e. The number of aryl methyl sites for hydroxylation is 1. The van der Waals surface area contributed by atoms with Crippen LogP contribution >= 0.6 is 0 Å². The molecule has 22 heavy (non-hydrogen) atoms. The number of carbonyl (C=O) groups is 1. The number of anilines is 1. The Morgan fingerprint density at radius 1 is 1.50 bits per heavy atom. The summed E-state index contributed by atoms with van der Waals surface area (Å²) in [6, 6.07) is 9.56. The van der Waals surface area contributed by atoms with Crippen molar-refractivity contribution in [1.82, 2.24) is 4.90 Å². The first-order chi connectivity index (χ1) is 10.5. The summed E-state index contributed by atoms with van der Waals surface area (Å²) < 4.78 is 0. The molecular weight excluding hydrogens is 278 g/mol. The summed E-state index contributed by atoms with van der Waals surface area (Å²) in [7, 11) is 0. The molecule has 5 heteroatoms. The summed E-state index contributed by atoms with van der Waals surface area (Å²) in [5.74, 6) is -0.0202. The van der Waals surface area contributed by atoms with E-state index in [0.717, 1.165) is 17.8 Å². The van der Waals surface area contributed by atoms with Gasteiger partial charge in [0.1, 0.15) is 0 Å². The van der Waals surface area contributed by atoms with Crippen LogP contribution < -0.4 is 4.90 Å². The summed E-state index contributed by atoms with van der Waals surface area (Å²) in [6.07, 6.45) is 0.664. The third kappa shape index (κ3) is 3.85. The van der Waals surface area contributed by atoms with Gasteiger partial charge < -0.3 is 10.0 Å². The van der Waals surface area contributed by atoms with Crippen molar-refractivity contribution in [2.75, 3.05) is 24.5 Å². The Morgan fingerprint density at radius 3 is 2.73 bits per heavy atom. The lowest BCUT2D eigenvalue weighted by Gasteiger charge is -2.30. The van der Waals surface area contributed by atoms with Gasteiger partial charge in [0.05, 0.1) is 24.6 Å². The van der Waals surface area contributed by atoms with Crippen molar-refractivity contribution in [3.8, 4) is 6.07 Å². The van der Waals surface area contributed by atoms with Crippen LogP contribution in [0.4, 0.5) is 5.69 Å². The van der Waals surface area contributed by atoms with E-state index in [2.05, 4.69) is 6.07 Å². The van der Waals surface area contributed by atoms with Gasteiger partial charge in [0.15, 0.2) is 0 Å². The number of carbonyl (C=O) groups excluding carboxylic acids is 1. The first-order valence-electron chi connectivity index (χ1n) is 7.70. The average Bonchev–Trinajstić information content (AvgIpc) is 2.95. The Kier molecular flexibility index (Phi) is 5.53. The Labute approximate surface area is 131 Å². The standard InChI is InChI=1S/C17H23N3O2/c1-13-4-6-15(7-5-13)20(10-3-9-18)17(22)14(2)19-11-8-16(21)12-19/h4-7,14,16,21H,3,8,10-12H2,1-2H3/t14?,16-/m0/s1. The van der Waals surface area contributed by atoms with Crippen LogP contribution in [0, 0.1) is 18.3 Å². The van der Waals surface area contributed by atoms with E-state index >= 15 is 0 Å². The van der Waals surface area contributed by atoms with E-state index in [4.69, 9.17) is 5.26 Å². The molecule has 1 aromatic carbocycles. The van der Waals surface area contributed by atoms with Gasteiger partial charge >= 0.3 is 0 Å². The van der Waals surface area contributed by atoms with Gasteiger partial charge in [-0.25, -0.2) is 0 Å². The summed E-state index contributed by atoms with van der Waals surface area (Å²) in [6.45, 7) is 5.52. The highest BCUT2D eigenvalue weighted by Crippen LogP contribution is 2.20. The summed E-state index contributed by atoms with van der Waals surface area (Å²) in [4.78, 5) is 16.5. The molecule has 0 aliphatic carbocycles. The predicted molar refractivity (Wildman–Crippen MR) is 85.4 cm³/mol. The zero-order valence-electron chi connectivity index (χ0n) is 13.2. The molecule has 1 aliphatic rings. The number of hydrogen-bond acceptors (Lipinski definition) is 4. The average molecular weight is 301 g/mol. The fourth-order valence-electron chi connectivity index (χ4n) is 2.75. The lowest BCUT2D eigenvalue weighted by molar-refractivity contribution is -0.123. The van der Waals surface area contributed by atoms with Crippen LogP contribution in [-0.4, -0.2) is 47.7 Å². The summed E-state index contributed by atoms with van der Waals surface area (Å²) >= 11 is 0. The number of amides is 1. The fourth-order valence-corrected chi connectivity index (χ4v) is 2.75. The second kappa shape index (κ2) is 7.39. The van der Waals surface area contributed by atoms with E-state index < -0.39 is 0 Å². The number of likely N-dealkylation sites (tertiary alicyclic amines) is 1. The molecule has 118 valence electrons. The SMILES string of the molecule is Cc1ccc(N(CCC#N)C(=O)C(C)N2CC[C@H](O)C2)cc1. The van der Waals surface area contributed by atoms with Gasteiger partial charge in [0, 0.05) is 25.3 Å². The molecule has 0 bridgehead atoms. The Hall–Kier alpha value is -1.90. The van der Waals surface area contributed by atoms with Crippen molar-refractivity contribution < 1.29 is 9.90 Å². The summed E-state index contributed by atoms with van der Waals surface area (Å²) in [5, 5.41) is 18.5. The number of nitrogens with zero attached hydrogens (tertiary/aromatic N) is 3. The second-order valence-corrected chi connectivity index (χ2v) is 5.85. The number of hydrogen-bond donors (Lipinski definition) is 1. The monoisotopic (exact) mass is 301 g/mol. The lowest BCUT2D eigenvalue weighted by Crippen LogP contribution is -2.47. The lowest BCUT2D eigenvalue weighted by atomic mass is 10.1. The first-order valence-corrected chi connectivity index (χ1v) is 7.70. The largest absolute Gasteiger partial charge is 0.392 e. The molecule has 5 nitrogen and oxygen atoms in total. The van der Waals surface area contributed by atoms with E-state index in [-0.39, 0.29) is 18.1 Å². The molecule has 1 aliphatic heterocycles. The Bertz CT molecular complexity index is 550. The second-order valence-electron chi connectivity index (χ2n) is 5.85. The van der Waals surface area contributed by atoms with Crippen molar-refractivity contribution in [1.29, 1.82) is 5.26 Å². The van der Waals surface area contributed by atoms with Gasteiger partial charge in [-0.1, -0.05) is 17.7 Å². The third-order valence-electron chi connectivity index (χ3n) is 4.16. The smallest absolute Gasteiger partial charge is 0.244 e. The molecule has 2 atom stereocenters. The molecule has 0 spiro atoms. The third-order valence-corrected chi connectivity index (χ3v) is 4.16. The van der Waals surface area contributed by atoms with Gasteiger partial charge in [0.25, 0.3) is 0 Å². The van der Waals surface area contributed by atoms with Gasteiger partial charge in [-0.05, 0) is 32.4 Å². The molecule has 0 saturated carbocycles. The summed E-state index contributed by atoms with van der Waals surface area (Å²) in [5.41, 5.74) is 1.95. The number of aliphatic hydroxyl groups is 1. The van der Waals surface area contributed by atoms with E-state index in [1.165, 1.54) is 0 Å². The molecule has 1 saturated heterocycles. The molecule has 1 fully saturated rings. The molecule has 1 N–H and O–H groups in total. The molecule has 2 rings (SSSR count). The molecule has 1 unspecified atom stereocenters. The zero-order chi connectivity index (χ0) is 16.1. The number of nitriles is 1. The van der Waals surface area contributed by atoms with E-state index in [1.54, 1.807) is 4.90 Å². The predicted octanol–water partition coefficient (Wildman–Crippen LogP) is 1.70. The minimum absolute atomic E-state index is 0.0202. The molecule has 1 aromatic rings. The maximum absolute atomic E-state index is 12.8. The quantitative estimate of drug-likeness (QED) is 0.899. The number of aliphatic hydroxyl groups excluding tert-OH is 1. The highest BCUT2D eigenvalue weighted by atomic mass is 16.3. The van der Waals surface area contributed by atoms with Crippen LogP contribution in [0.2, 0.25) is 0 Å². The van der Waals surface area contributed by atoms with Crippen LogP contribution in [0.3, 0.4) is 0 Å². The Balaban J connectivity index is 2.15. The highest BCUT2D eigenvalue weighted by molar-refractivity contribution is 5.97. The van der Waals surface area contributed by atoms with Gasteiger partial charge in [-0.2, -0.15) is 5.26 Å². The van der Waals surface area contributed by atoms with E-state index in [1.807, 2.05) is 43.0 Å². The number of rotatable bonds is 5. The van der Waals surface area contributed by atoms with Crippen LogP contribution in [0.25, 0.3) is 0 Å². The number of β-amino-alcohol motifs (C(OH)–C–C–N with tert-alkyl or cyclic N) is 1. The minimum atomic E-state index is -0.345. The molecule has 0 aromatic heterocycles. The normalized spacial score (nSPS) is 19.6. The van der Waals surface area contributed by atoms with Gasteiger partial charge in [-0.3, -0.25) is 9.69 Å². The van der Waals surface area contributed by atoms with E-state index in [9.17, 15) is 9.90 Å². The van der Waals surface area contributed by atoms with E-state index in [0.29, 0.717) is 25.9 Å². The minimum Gasteiger partial charge on any atom is -0.392 e. The highest BCUT2D eigenvalue weighted by Gasteiger charge is 2.31. The van der Waals surface area contributed by atoms with Crippen molar-refractivity contribution in [2.24, 2.45) is 0 Å². The van der Waals surface area contributed by atoms with Crippen LogP contribution in [0.5, 0.6) is 0 Å². The molecular formula is C17H23N3O2. The van der Waals surface area contributed by atoms with Gasteiger partial charge in [-0.15, -0.1) is 0 Å². The first kappa shape index (κ1) is 16.5. The van der Waals surface area contributed by atoms with Crippen molar-refractivity contribution >= 4 is 11.6 Å². The van der Waals surface area contributed by atoms with Crippen molar-refractivity contribution in [3.05, 3.63) is 29.8 Å². The molecule has 1 heterocycles. The maximum atomic E-state index is 12.8. The Morgan fingerprint density at radius 2 is 2.18 bits per heavy atom. The van der Waals surface area contributed by atoms with Crippen molar-refractivity contribution in [3.63, 3.8) is 0 Å². The fraction of sp³-hybridized carbons (Fsp3) is 0.529. The topological polar surface area (TPSA) is 67.6 Å². The van der Waals surface area contributed by atoms with Crippen LogP contribution in [-0.2, 0) is 4.79 Å². The zero-order valence-corrected chi connectivity index (χ0v) is 13.2. The van der Waals surface area contributed by atoms with Gasteiger partial charge in [0.2, 0.25) is 5.91 Å². The molecule has 0 radical (unpaired) electrons. The van der Waals surface area contributed by atoms with Crippen LogP contribution in [0.15, 0.2) is 24.3 Å². The van der Waals surface area contributed by atoms with Crippen LogP contribution in [0.1, 0.15) is 25.3 Å². The van der Waals surface area contributed by atoms with Crippen molar-refractivity contribution in [2.45, 2.75) is 38.8 Å². The molecule has 1 amide bonds.